The zero-order valence-corrected chi connectivity index (χ0v) is 11.5. The van der Waals surface area contributed by atoms with Crippen LogP contribution in [-0.2, 0) is 6.61 Å². The summed E-state index contributed by atoms with van der Waals surface area (Å²) in [4.78, 5) is 22.9. The van der Waals surface area contributed by atoms with Gasteiger partial charge in [-0.15, -0.1) is 0 Å². The summed E-state index contributed by atoms with van der Waals surface area (Å²) in [5, 5.41) is 0.450. The molecule has 0 saturated heterocycles. The Balaban J connectivity index is 1.98. The van der Waals surface area contributed by atoms with Crippen molar-refractivity contribution >= 4 is 17.3 Å². The van der Waals surface area contributed by atoms with E-state index in [0.29, 0.717) is 22.1 Å². The molecule has 2 N–H and O–H groups in total. The molecule has 1 aromatic heterocycles. The minimum absolute atomic E-state index is 0.0508. The molecule has 0 aliphatic rings. The minimum atomic E-state index is -0.670. The molecule has 5 nitrogen and oxygen atoms in total. The van der Waals surface area contributed by atoms with Crippen molar-refractivity contribution in [3.05, 3.63) is 67.8 Å². The first-order valence-corrected chi connectivity index (χ1v) is 6.49. The third kappa shape index (κ3) is 2.32. The molecular weight excluding hydrogens is 294 g/mol. The van der Waals surface area contributed by atoms with Crippen molar-refractivity contribution in [2.75, 3.05) is 5.73 Å². The summed E-state index contributed by atoms with van der Waals surface area (Å²) in [6.07, 6.45) is 1.53. The second-order valence-corrected chi connectivity index (χ2v) is 4.89. The molecule has 21 heavy (non-hydrogen) atoms. The van der Waals surface area contributed by atoms with Crippen LogP contribution in [0.4, 0.5) is 5.69 Å². The van der Waals surface area contributed by atoms with Gasteiger partial charge in [0, 0.05) is 10.6 Å². The van der Waals surface area contributed by atoms with Crippen LogP contribution in [0.15, 0.2) is 50.6 Å². The summed E-state index contributed by atoms with van der Waals surface area (Å²) in [5.41, 5.74) is 4.88. The predicted molar refractivity (Wildman–Crippen MR) is 79.3 cm³/mol. The maximum Gasteiger partial charge on any atom is 0.249 e. The molecule has 0 aliphatic heterocycles. The molecule has 2 aromatic carbocycles. The molecule has 0 amide bonds. The van der Waals surface area contributed by atoms with Gasteiger partial charge in [0.05, 0.1) is 17.5 Å². The monoisotopic (exact) mass is 303 g/mol. The smallest absolute Gasteiger partial charge is 0.249 e. The lowest BCUT2D eigenvalue weighted by Gasteiger charge is -2.13. The molecule has 0 spiro atoms. The van der Waals surface area contributed by atoms with Gasteiger partial charge in [0.25, 0.3) is 0 Å². The van der Waals surface area contributed by atoms with Crippen molar-refractivity contribution in [2.24, 2.45) is 0 Å². The summed E-state index contributed by atoms with van der Waals surface area (Å²) in [6, 6.07) is 8.28. The molecule has 0 aliphatic carbocycles. The van der Waals surface area contributed by atoms with E-state index in [9.17, 15) is 9.59 Å². The molecular formula is C15H10ClNO4. The van der Waals surface area contributed by atoms with Crippen LogP contribution in [0.3, 0.4) is 0 Å². The van der Waals surface area contributed by atoms with Gasteiger partial charge < -0.3 is 14.9 Å². The maximum atomic E-state index is 11.6. The van der Waals surface area contributed by atoms with E-state index in [2.05, 4.69) is 0 Å². The molecule has 0 radical (unpaired) electrons. The highest BCUT2D eigenvalue weighted by atomic mass is 35.5. The number of nitrogens with two attached hydrogens (primary N) is 1. The summed E-state index contributed by atoms with van der Waals surface area (Å²) in [5.74, 6) is 0.997. The molecule has 3 rings (SSSR count). The Hall–Kier alpha value is -2.53. The highest BCUT2D eigenvalue weighted by molar-refractivity contribution is 6.30. The number of furan rings is 1. The Bertz CT molecular complexity index is 861. The van der Waals surface area contributed by atoms with Gasteiger partial charge in [-0.1, -0.05) is 11.6 Å². The van der Waals surface area contributed by atoms with Gasteiger partial charge in [0.1, 0.15) is 18.1 Å². The van der Waals surface area contributed by atoms with Crippen LogP contribution in [0, 0.1) is 0 Å². The molecule has 6 heteroatoms. The molecule has 0 atom stereocenters. The van der Waals surface area contributed by atoms with E-state index in [-0.39, 0.29) is 17.9 Å². The number of anilines is 1. The largest absolute Gasteiger partial charge is 0.485 e. The molecule has 0 unspecified atom stereocenters. The lowest BCUT2D eigenvalue weighted by molar-refractivity contribution is 0.271. The molecule has 1 heterocycles. The molecule has 0 fully saturated rings. The first-order chi connectivity index (χ1) is 10.1. The number of ether oxygens (including phenoxy) is 1. The highest BCUT2D eigenvalue weighted by Crippen LogP contribution is 2.34. The van der Waals surface area contributed by atoms with Gasteiger partial charge in [-0.05, 0) is 30.3 Å². The van der Waals surface area contributed by atoms with E-state index < -0.39 is 10.9 Å². The predicted octanol–water partition coefficient (Wildman–Crippen LogP) is 2.36. The van der Waals surface area contributed by atoms with Crippen molar-refractivity contribution in [1.29, 1.82) is 0 Å². The average molecular weight is 304 g/mol. The van der Waals surface area contributed by atoms with Crippen molar-refractivity contribution in [3.8, 4) is 16.9 Å². The Morgan fingerprint density at radius 1 is 1.19 bits per heavy atom. The fraction of sp³-hybridized carbons (Fsp3) is 0.0667. The zero-order chi connectivity index (χ0) is 15.0. The van der Waals surface area contributed by atoms with Crippen LogP contribution in [-0.4, -0.2) is 0 Å². The van der Waals surface area contributed by atoms with Crippen LogP contribution in [0.25, 0.3) is 11.1 Å². The number of benzene rings is 1. The quantitative estimate of drug-likeness (QED) is 0.748. The third-order valence-corrected chi connectivity index (χ3v) is 3.35. The zero-order valence-electron chi connectivity index (χ0n) is 10.8. The lowest BCUT2D eigenvalue weighted by atomic mass is 9.98. The maximum absolute atomic E-state index is 11.6. The Labute approximate surface area is 124 Å². The van der Waals surface area contributed by atoms with E-state index in [1.807, 2.05) is 0 Å². The number of nitrogen functional groups attached to an aromatic ring is 1. The normalized spacial score (nSPS) is 10.9. The number of hydrogen-bond acceptors (Lipinski definition) is 5. The Morgan fingerprint density at radius 3 is 2.67 bits per heavy atom. The van der Waals surface area contributed by atoms with Gasteiger partial charge in [0.2, 0.25) is 10.9 Å². The first kappa shape index (κ1) is 13.5. The summed E-state index contributed by atoms with van der Waals surface area (Å²) in [7, 11) is 0. The minimum Gasteiger partial charge on any atom is -0.485 e. The standard InChI is InChI=1S/C15H10ClNO4/c16-8-3-4-10(12-13(17)15(19)14(12)18)11(6-8)21-7-9-2-1-5-20-9/h1-6H,7,17H2. The van der Waals surface area contributed by atoms with Gasteiger partial charge in [-0.3, -0.25) is 9.59 Å². The Morgan fingerprint density at radius 2 is 2.00 bits per heavy atom. The fourth-order valence-corrected chi connectivity index (χ4v) is 2.20. The third-order valence-electron chi connectivity index (χ3n) is 3.11. The number of halogens is 1. The summed E-state index contributed by atoms with van der Waals surface area (Å²) in [6.45, 7) is 0.176. The van der Waals surface area contributed by atoms with Crippen molar-refractivity contribution in [2.45, 2.75) is 6.61 Å². The van der Waals surface area contributed by atoms with Crippen molar-refractivity contribution in [1.82, 2.24) is 0 Å². The number of hydrogen-bond donors (Lipinski definition) is 1. The van der Waals surface area contributed by atoms with E-state index >= 15 is 0 Å². The van der Waals surface area contributed by atoms with Gasteiger partial charge >= 0.3 is 0 Å². The molecule has 3 aromatic rings. The van der Waals surface area contributed by atoms with E-state index in [1.165, 1.54) is 6.26 Å². The lowest BCUT2D eigenvalue weighted by Crippen LogP contribution is -2.35. The van der Waals surface area contributed by atoms with E-state index in [4.69, 9.17) is 26.5 Å². The van der Waals surface area contributed by atoms with Crippen LogP contribution in [0.2, 0.25) is 5.02 Å². The second kappa shape index (κ2) is 5.10. The van der Waals surface area contributed by atoms with Crippen LogP contribution in [0.5, 0.6) is 5.75 Å². The van der Waals surface area contributed by atoms with Crippen LogP contribution >= 0.6 is 11.6 Å². The molecule has 106 valence electrons. The Kier molecular flexibility index (Phi) is 3.27. The van der Waals surface area contributed by atoms with E-state index in [0.717, 1.165) is 0 Å². The average Bonchev–Trinajstić information content (AvgIpc) is 3.00. The van der Waals surface area contributed by atoms with Crippen LogP contribution in [0.1, 0.15) is 5.76 Å². The number of rotatable bonds is 4. The highest BCUT2D eigenvalue weighted by Gasteiger charge is 2.22. The van der Waals surface area contributed by atoms with Crippen LogP contribution < -0.4 is 21.3 Å². The first-order valence-electron chi connectivity index (χ1n) is 6.12. The van der Waals surface area contributed by atoms with Gasteiger partial charge in [-0.25, -0.2) is 0 Å². The van der Waals surface area contributed by atoms with Gasteiger partial charge in [0.15, 0.2) is 0 Å². The van der Waals surface area contributed by atoms with Crippen molar-refractivity contribution in [3.63, 3.8) is 0 Å². The molecule has 0 saturated carbocycles. The summed E-state index contributed by atoms with van der Waals surface area (Å²) < 4.78 is 10.8. The van der Waals surface area contributed by atoms with Gasteiger partial charge in [-0.2, -0.15) is 0 Å². The second-order valence-electron chi connectivity index (χ2n) is 4.46. The topological polar surface area (TPSA) is 82.5 Å². The summed E-state index contributed by atoms with van der Waals surface area (Å²) >= 11 is 5.94. The van der Waals surface area contributed by atoms with E-state index in [1.54, 1.807) is 30.3 Å². The molecule has 0 bridgehead atoms. The fourth-order valence-electron chi connectivity index (χ4n) is 2.04. The van der Waals surface area contributed by atoms with Crippen molar-refractivity contribution < 1.29 is 9.15 Å². The SMILES string of the molecule is Nc1c(-c2ccc(Cl)cc2OCc2ccco2)c(=O)c1=O.